The van der Waals surface area contributed by atoms with Crippen molar-refractivity contribution in [2.45, 2.75) is 13.3 Å². The van der Waals surface area contributed by atoms with Gasteiger partial charge in [0.2, 0.25) is 0 Å². The van der Waals surface area contributed by atoms with E-state index in [0.717, 1.165) is 29.9 Å². The smallest absolute Gasteiger partial charge is 0.255 e. The van der Waals surface area contributed by atoms with E-state index >= 15 is 0 Å². The molecule has 0 aromatic heterocycles. The van der Waals surface area contributed by atoms with Gasteiger partial charge in [-0.3, -0.25) is 4.79 Å². The molecule has 0 radical (unpaired) electrons. The maximum atomic E-state index is 12.5. The number of fused-ring (bicyclic) bond motifs is 1. The van der Waals surface area contributed by atoms with Gasteiger partial charge in [0.05, 0.1) is 0 Å². The van der Waals surface area contributed by atoms with Crippen molar-refractivity contribution in [3.63, 3.8) is 0 Å². The van der Waals surface area contributed by atoms with Gasteiger partial charge < -0.3 is 10.2 Å². The minimum Gasteiger partial charge on any atom is -0.341 e. The summed E-state index contributed by atoms with van der Waals surface area (Å²) in [7, 11) is 0. The van der Waals surface area contributed by atoms with Gasteiger partial charge in [-0.05, 0) is 54.8 Å². The van der Waals surface area contributed by atoms with Gasteiger partial charge in [0.1, 0.15) is 0 Å². The largest absolute Gasteiger partial charge is 0.341 e. The zero-order valence-electron chi connectivity index (χ0n) is 14.2. The lowest BCUT2D eigenvalue weighted by molar-refractivity contribution is 0.102. The molecule has 0 bridgehead atoms. The molecule has 0 unspecified atom stereocenters. The molecule has 1 N–H and O–H groups in total. The van der Waals surface area contributed by atoms with E-state index in [-0.39, 0.29) is 5.91 Å². The summed E-state index contributed by atoms with van der Waals surface area (Å²) in [6, 6.07) is 24.1. The van der Waals surface area contributed by atoms with E-state index in [0.29, 0.717) is 5.56 Å². The fourth-order valence-corrected chi connectivity index (χ4v) is 3.30. The van der Waals surface area contributed by atoms with Crippen molar-refractivity contribution < 1.29 is 4.79 Å². The van der Waals surface area contributed by atoms with Crippen LogP contribution in [-0.4, -0.2) is 12.5 Å². The van der Waals surface area contributed by atoms with Crippen LogP contribution in [-0.2, 0) is 6.42 Å². The summed E-state index contributed by atoms with van der Waals surface area (Å²) in [6.07, 6.45) is 1.05. The fraction of sp³-hybridized carbons (Fsp3) is 0.136. The Balaban J connectivity index is 1.63. The number of anilines is 3. The molecule has 0 saturated carbocycles. The first-order valence-electron chi connectivity index (χ1n) is 8.55. The number of para-hydroxylation sites is 1. The summed E-state index contributed by atoms with van der Waals surface area (Å²) < 4.78 is 0. The Morgan fingerprint density at radius 3 is 2.56 bits per heavy atom. The van der Waals surface area contributed by atoms with Crippen molar-refractivity contribution in [3.8, 4) is 0 Å². The highest BCUT2D eigenvalue weighted by atomic mass is 16.1. The van der Waals surface area contributed by atoms with Crippen LogP contribution in [0.5, 0.6) is 0 Å². The monoisotopic (exact) mass is 328 g/mol. The van der Waals surface area contributed by atoms with Gasteiger partial charge in [-0.2, -0.15) is 0 Å². The molecule has 0 fully saturated rings. The fourth-order valence-electron chi connectivity index (χ4n) is 3.30. The standard InChI is InChI=1S/C22H20N2O/c1-16-11-12-19(24-14-13-17-7-5-6-10-21(17)24)15-20(16)23-22(25)18-8-3-2-4-9-18/h2-12,15H,13-14H2,1H3,(H,23,25). The molecule has 3 heteroatoms. The maximum Gasteiger partial charge on any atom is 0.255 e. The number of aryl methyl sites for hydroxylation is 1. The van der Waals surface area contributed by atoms with E-state index in [4.69, 9.17) is 0 Å². The highest BCUT2D eigenvalue weighted by Crippen LogP contribution is 2.36. The first-order chi connectivity index (χ1) is 12.2. The number of nitrogens with one attached hydrogen (secondary N) is 1. The van der Waals surface area contributed by atoms with Crippen molar-refractivity contribution in [2.24, 2.45) is 0 Å². The minimum absolute atomic E-state index is 0.0809. The molecule has 0 aliphatic carbocycles. The van der Waals surface area contributed by atoms with Crippen molar-refractivity contribution in [2.75, 3.05) is 16.8 Å². The zero-order valence-corrected chi connectivity index (χ0v) is 14.2. The maximum absolute atomic E-state index is 12.5. The third-order valence-corrected chi connectivity index (χ3v) is 4.70. The van der Waals surface area contributed by atoms with Crippen LogP contribution in [0.3, 0.4) is 0 Å². The van der Waals surface area contributed by atoms with Crippen LogP contribution in [0.1, 0.15) is 21.5 Å². The summed E-state index contributed by atoms with van der Waals surface area (Å²) in [5.74, 6) is -0.0809. The third-order valence-electron chi connectivity index (χ3n) is 4.70. The van der Waals surface area contributed by atoms with Crippen LogP contribution >= 0.6 is 0 Å². The number of hydrogen-bond acceptors (Lipinski definition) is 2. The molecule has 0 spiro atoms. The molecule has 3 nitrogen and oxygen atoms in total. The van der Waals surface area contributed by atoms with Crippen LogP contribution in [0.15, 0.2) is 72.8 Å². The molecular formula is C22H20N2O. The van der Waals surface area contributed by atoms with Crippen LogP contribution in [0, 0.1) is 6.92 Å². The van der Waals surface area contributed by atoms with Crippen molar-refractivity contribution >= 4 is 23.0 Å². The lowest BCUT2D eigenvalue weighted by Gasteiger charge is -2.21. The van der Waals surface area contributed by atoms with E-state index in [1.54, 1.807) is 0 Å². The Morgan fingerprint density at radius 1 is 0.960 bits per heavy atom. The summed E-state index contributed by atoms with van der Waals surface area (Å²) in [6.45, 7) is 2.98. The lowest BCUT2D eigenvalue weighted by Crippen LogP contribution is -2.16. The third kappa shape index (κ3) is 3.01. The average Bonchev–Trinajstić information content (AvgIpc) is 3.08. The van der Waals surface area contributed by atoms with Gasteiger partial charge in [-0.1, -0.05) is 42.5 Å². The molecule has 3 aromatic carbocycles. The zero-order chi connectivity index (χ0) is 17.2. The summed E-state index contributed by atoms with van der Waals surface area (Å²) in [4.78, 5) is 14.8. The van der Waals surface area contributed by atoms with Gasteiger partial charge >= 0.3 is 0 Å². The summed E-state index contributed by atoms with van der Waals surface area (Å²) in [5, 5.41) is 3.05. The van der Waals surface area contributed by atoms with Crippen LogP contribution in [0.25, 0.3) is 0 Å². The average molecular weight is 328 g/mol. The molecule has 124 valence electrons. The van der Waals surface area contributed by atoms with Crippen LogP contribution in [0.4, 0.5) is 17.1 Å². The molecule has 4 rings (SSSR count). The first kappa shape index (κ1) is 15.5. The Bertz CT molecular complexity index is 918. The van der Waals surface area contributed by atoms with Gasteiger partial charge in [-0.25, -0.2) is 0 Å². The number of hydrogen-bond donors (Lipinski definition) is 1. The predicted octanol–water partition coefficient (Wildman–Crippen LogP) is 4.94. The SMILES string of the molecule is Cc1ccc(N2CCc3ccccc32)cc1NC(=O)c1ccccc1. The van der Waals surface area contributed by atoms with E-state index in [1.165, 1.54) is 11.3 Å². The number of amides is 1. The second kappa shape index (κ2) is 6.44. The predicted molar refractivity (Wildman–Crippen MR) is 103 cm³/mol. The number of carbonyl (C=O) groups excluding carboxylic acids is 1. The van der Waals surface area contributed by atoms with Crippen molar-refractivity contribution in [1.29, 1.82) is 0 Å². The summed E-state index contributed by atoms with van der Waals surface area (Å²) in [5.41, 5.74) is 6.32. The second-order valence-corrected chi connectivity index (χ2v) is 6.35. The Labute approximate surface area is 147 Å². The number of nitrogens with zero attached hydrogens (tertiary/aromatic N) is 1. The van der Waals surface area contributed by atoms with E-state index in [2.05, 4.69) is 52.7 Å². The molecule has 25 heavy (non-hydrogen) atoms. The normalized spacial score (nSPS) is 12.8. The van der Waals surface area contributed by atoms with Gasteiger partial charge in [0.15, 0.2) is 0 Å². The number of rotatable bonds is 3. The van der Waals surface area contributed by atoms with Gasteiger partial charge in [0.25, 0.3) is 5.91 Å². The first-order valence-corrected chi connectivity index (χ1v) is 8.55. The molecule has 1 heterocycles. The molecule has 0 atom stereocenters. The van der Waals surface area contributed by atoms with Crippen molar-refractivity contribution in [1.82, 2.24) is 0 Å². The Hall–Kier alpha value is -3.07. The number of carbonyl (C=O) groups is 1. The summed E-state index contributed by atoms with van der Waals surface area (Å²) >= 11 is 0. The Kier molecular flexibility index (Phi) is 3.98. The van der Waals surface area contributed by atoms with E-state index in [9.17, 15) is 4.79 Å². The highest BCUT2D eigenvalue weighted by molar-refractivity contribution is 6.04. The van der Waals surface area contributed by atoms with Crippen molar-refractivity contribution in [3.05, 3.63) is 89.5 Å². The molecule has 0 saturated heterocycles. The molecule has 1 amide bonds. The van der Waals surface area contributed by atoms with Crippen LogP contribution < -0.4 is 10.2 Å². The number of benzene rings is 3. The molecule has 3 aromatic rings. The highest BCUT2D eigenvalue weighted by Gasteiger charge is 2.20. The minimum atomic E-state index is -0.0809. The molecule has 1 aliphatic rings. The van der Waals surface area contributed by atoms with E-state index in [1.807, 2.05) is 37.3 Å². The van der Waals surface area contributed by atoms with E-state index < -0.39 is 0 Å². The second-order valence-electron chi connectivity index (χ2n) is 6.35. The van der Waals surface area contributed by atoms with Crippen LogP contribution in [0.2, 0.25) is 0 Å². The lowest BCUT2D eigenvalue weighted by atomic mass is 10.1. The molecular weight excluding hydrogens is 308 g/mol. The van der Waals surface area contributed by atoms with Gasteiger partial charge in [0, 0.05) is 29.2 Å². The quantitative estimate of drug-likeness (QED) is 0.738. The van der Waals surface area contributed by atoms with Gasteiger partial charge in [-0.15, -0.1) is 0 Å². The topological polar surface area (TPSA) is 32.3 Å². The molecule has 1 aliphatic heterocycles. The Morgan fingerprint density at radius 2 is 1.72 bits per heavy atom.